The van der Waals surface area contributed by atoms with E-state index in [9.17, 15) is 0 Å². The van der Waals surface area contributed by atoms with E-state index in [0.717, 1.165) is 13.0 Å². The van der Waals surface area contributed by atoms with Gasteiger partial charge in [-0.05, 0) is 42.7 Å². The molecule has 0 amide bonds. The van der Waals surface area contributed by atoms with Crippen LogP contribution in [0.15, 0.2) is 54.7 Å². The minimum Gasteiger partial charge on any atom is -0.378 e. The Labute approximate surface area is 138 Å². The lowest BCUT2D eigenvalue weighted by atomic mass is 10.1. The highest BCUT2D eigenvalue weighted by Gasteiger charge is 2.08. The van der Waals surface area contributed by atoms with Crippen LogP contribution in [0.2, 0.25) is 0 Å². The van der Waals surface area contributed by atoms with Crippen LogP contribution in [0.4, 0.5) is 5.69 Å². The molecule has 1 unspecified atom stereocenters. The molecule has 1 atom stereocenters. The van der Waals surface area contributed by atoms with Gasteiger partial charge in [-0.25, -0.2) is 0 Å². The zero-order chi connectivity index (χ0) is 16.2. The number of H-pyrrole nitrogens is 1. The van der Waals surface area contributed by atoms with E-state index in [1.165, 1.54) is 27.7 Å². The van der Waals surface area contributed by atoms with Gasteiger partial charge in [-0.3, -0.25) is 0 Å². The third-order valence-electron chi connectivity index (χ3n) is 4.31. The Balaban J connectivity index is 1.58. The second-order valence-corrected chi connectivity index (χ2v) is 6.41. The standard InChI is InChI=1S/C20H25N3/c1-15(12-17-14-22-20-7-5-4-6-19(17)20)21-13-16-8-10-18(11-9-16)23(2)3/h4-11,14-15,21-22H,12-13H2,1-3H3. The molecule has 120 valence electrons. The average molecular weight is 307 g/mol. The number of rotatable bonds is 6. The second kappa shape index (κ2) is 6.88. The minimum atomic E-state index is 0.433. The van der Waals surface area contributed by atoms with Gasteiger partial charge >= 0.3 is 0 Å². The molecular weight excluding hydrogens is 282 g/mol. The van der Waals surface area contributed by atoms with Gasteiger partial charge in [0.25, 0.3) is 0 Å². The van der Waals surface area contributed by atoms with Gasteiger partial charge in [0.15, 0.2) is 0 Å². The van der Waals surface area contributed by atoms with E-state index < -0.39 is 0 Å². The van der Waals surface area contributed by atoms with Crippen LogP contribution >= 0.6 is 0 Å². The van der Waals surface area contributed by atoms with Crippen LogP contribution in [-0.4, -0.2) is 25.1 Å². The fourth-order valence-electron chi connectivity index (χ4n) is 2.91. The third-order valence-corrected chi connectivity index (χ3v) is 4.31. The third kappa shape index (κ3) is 3.74. The average Bonchev–Trinajstić information content (AvgIpc) is 2.96. The van der Waals surface area contributed by atoms with E-state index in [0.29, 0.717) is 6.04 Å². The molecule has 3 aromatic rings. The monoisotopic (exact) mass is 307 g/mol. The highest BCUT2D eigenvalue weighted by molar-refractivity contribution is 5.83. The molecule has 0 fully saturated rings. The van der Waals surface area contributed by atoms with Crippen molar-refractivity contribution >= 4 is 16.6 Å². The minimum absolute atomic E-state index is 0.433. The zero-order valence-electron chi connectivity index (χ0n) is 14.1. The summed E-state index contributed by atoms with van der Waals surface area (Å²) in [4.78, 5) is 5.47. The van der Waals surface area contributed by atoms with Crippen molar-refractivity contribution < 1.29 is 0 Å². The fraction of sp³-hybridized carbons (Fsp3) is 0.300. The number of hydrogen-bond acceptors (Lipinski definition) is 2. The van der Waals surface area contributed by atoms with Crippen molar-refractivity contribution in [2.24, 2.45) is 0 Å². The van der Waals surface area contributed by atoms with E-state index >= 15 is 0 Å². The maximum atomic E-state index is 3.62. The summed E-state index contributed by atoms with van der Waals surface area (Å²) in [6.45, 7) is 3.15. The van der Waals surface area contributed by atoms with Crippen molar-refractivity contribution in [1.29, 1.82) is 0 Å². The molecule has 0 aliphatic rings. The van der Waals surface area contributed by atoms with Gasteiger partial charge in [0.05, 0.1) is 0 Å². The summed E-state index contributed by atoms with van der Waals surface area (Å²) in [7, 11) is 4.13. The number of nitrogens with one attached hydrogen (secondary N) is 2. The Bertz CT molecular complexity index is 756. The highest BCUT2D eigenvalue weighted by atomic mass is 15.1. The van der Waals surface area contributed by atoms with Crippen LogP contribution in [0, 0.1) is 0 Å². The number of aromatic nitrogens is 1. The lowest BCUT2D eigenvalue weighted by Crippen LogP contribution is -2.27. The Morgan fingerprint density at radius 1 is 1.04 bits per heavy atom. The molecule has 0 aliphatic heterocycles. The number of para-hydroxylation sites is 1. The predicted molar refractivity (Wildman–Crippen MR) is 99.1 cm³/mol. The molecule has 0 saturated heterocycles. The first-order valence-electron chi connectivity index (χ1n) is 8.18. The quantitative estimate of drug-likeness (QED) is 0.722. The van der Waals surface area contributed by atoms with Crippen LogP contribution in [0.5, 0.6) is 0 Å². The van der Waals surface area contributed by atoms with E-state index in [-0.39, 0.29) is 0 Å². The van der Waals surface area contributed by atoms with Gasteiger partial charge in [0.1, 0.15) is 0 Å². The summed E-state index contributed by atoms with van der Waals surface area (Å²) in [6, 6.07) is 17.6. The molecule has 3 rings (SSSR count). The Morgan fingerprint density at radius 2 is 1.78 bits per heavy atom. The molecule has 1 aromatic heterocycles. The molecule has 0 saturated carbocycles. The second-order valence-electron chi connectivity index (χ2n) is 6.41. The molecule has 23 heavy (non-hydrogen) atoms. The smallest absolute Gasteiger partial charge is 0.0456 e. The van der Waals surface area contributed by atoms with Gasteiger partial charge < -0.3 is 15.2 Å². The van der Waals surface area contributed by atoms with E-state index in [1.807, 2.05) is 0 Å². The number of benzene rings is 2. The van der Waals surface area contributed by atoms with Crippen LogP contribution in [0.3, 0.4) is 0 Å². The van der Waals surface area contributed by atoms with Crippen molar-refractivity contribution in [1.82, 2.24) is 10.3 Å². The molecular formula is C20H25N3. The number of aromatic amines is 1. The van der Waals surface area contributed by atoms with E-state index in [4.69, 9.17) is 0 Å². The van der Waals surface area contributed by atoms with E-state index in [1.54, 1.807) is 0 Å². The molecule has 1 heterocycles. The molecule has 0 spiro atoms. The zero-order valence-corrected chi connectivity index (χ0v) is 14.1. The van der Waals surface area contributed by atoms with Crippen molar-refractivity contribution in [2.75, 3.05) is 19.0 Å². The van der Waals surface area contributed by atoms with Gasteiger partial charge in [-0.2, -0.15) is 0 Å². The van der Waals surface area contributed by atoms with E-state index in [2.05, 4.69) is 90.9 Å². The molecule has 2 N–H and O–H groups in total. The summed E-state index contributed by atoms with van der Waals surface area (Å²) in [5, 5.41) is 4.95. The lowest BCUT2D eigenvalue weighted by molar-refractivity contribution is 0.547. The number of nitrogens with zero attached hydrogens (tertiary/aromatic N) is 1. The van der Waals surface area contributed by atoms with Gasteiger partial charge in [-0.1, -0.05) is 30.3 Å². The summed E-state index contributed by atoms with van der Waals surface area (Å²) in [5.74, 6) is 0. The van der Waals surface area contributed by atoms with Crippen LogP contribution in [-0.2, 0) is 13.0 Å². The first-order chi connectivity index (χ1) is 11.1. The van der Waals surface area contributed by atoms with Crippen molar-refractivity contribution in [3.8, 4) is 0 Å². The summed E-state index contributed by atoms with van der Waals surface area (Å²) in [6.07, 6.45) is 3.16. The maximum Gasteiger partial charge on any atom is 0.0456 e. The summed E-state index contributed by atoms with van der Waals surface area (Å²) in [5.41, 5.74) is 5.15. The first kappa shape index (κ1) is 15.6. The van der Waals surface area contributed by atoms with Crippen LogP contribution in [0.25, 0.3) is 10.9 Å². The number of hydrogen-bond donors (Lipinski definition) is 2. The van der Waals surface area contributed by atoms with Gasteiger partial charge in [-0.15, -0.1) is 0 Å². The largest absolute Gasteiger partial charge is 0.378 e. The fourth-order valence-corrected chi connectivity index (χ4v) is 2.91. The summed E-state index contributed by atoms with van der Waals surface area (Å²) >= 11 is 0. The maximum absolute atomic E-state index is 3.62. The van der Waals surface area contributed by atoms with Crippen molar-refractivity contribution in [3.63, 3.8) is 0 Å². The molecule has 2 aromatic carbocycles. The molecule has 0 bridgehead atoms. The Hall–Kier alpha value is -2.26. The topological polar surface area (TPSA) is 31.1 Å². The number of fused-ring (bicyclic) bond motifs is 1. The SMILES string of the molecule is CC(Cc1c[nH]c2ccccc12)NCc1ccc(N(C)C)cc1. The first-order valence-corrected chi connectivity index (χ1v) is 8.18. The van der Waals surface area contributed by atoms with Crippen molar-refractivity contribution in [2.45, 2.75) is 25.9 Å². The van der Waals surface area contributed by atoms with Crippen LogP contribution in [0.1, 0.15) is 18.1 Å². The normalized spacial score (nSPS) is 12.5. The molecule has 0 radical (unpaired) electrons. The number of anilines is 1. The van der Waals surface area contributed by atoms with Crippen LogP contribution < -0.4 is 10.2 Å². The van der Waals surface area contributed by atoms with Gasteiger partial charge in [0, 0.05) is 49.5 Å². The summed E-state index contributed by atoms with van der Waals surface area (Å²) < 4.78 is 0. The lowest BCUT2D eigenvalue weighted by Gasteiger charge is -2.15. The molecule has 3 heteroatoms. The predicted octanol–water partition coefficient (Wildman–Crippen LogP) is 3.95. The van der Waals surface area contributed by atoms with Gasteiger partial charge in [0.2, 0.25) is 0 Å². The highest BCUT2D eigenvalue weighted by Crippen LogP contribution is 2.19. The molecule has 3 nitrogen and oxygen atoms in total. The van der Waals surface area contributed by atoms with Crippen molar-refractivity contribution in [3.05, 3.63) is 65.9 Å². The Morgan fingerprint density at radius 3 is 2.52 bits per heavy atom. The molecule has 0 aliphatic carbocycles. The Kier molecular flexibility index (Phi) is 4.68.